The zero-order valence-corrected chi connectivity index (χ0v) is 6.85. The topological polar surface area (TPSA) is 55.4 Å². The molecule has 0 heterocycles. The number of halogens is 1. The van der Waals surface area contributed by atoms with Crippen molar-refractivity contribution in [3.8, 4) is 0 Å². The van der Waals surface area contributed by atoms with E-state index in [2.05, 4.69) is 10.1 Å². The summed E-state index contributed by atoms with van der Waals surface area (Å²) in [7, 11) is 1.20. The van der Waals surface area contributed by atoms with Crippen LogP contribution in [0.5, 0.6) is 0 Å². The monoisotopic (exact) mass is 180 g/mol. The Morgan fingerprint density at radius 3 is 2.82 bits per heavy atom. The molecule has 0 aromatic carbocycles. The predicted octanol–water partition coefficient (Wildman–Crippen LogP) is -0.0971. The Morgan fingerprint density at radius 2 is 2.45 bits per heavy atom. The highest BCUT2D eigenvalue weighted by molar-refractivity contribution is 6.19. The largest absolute Gasteiger partial charge is 0.467 e. The van der Waals surface area contributed by atoms with Gasteiger partial charge in [-0.05, 0) is 0 Å². The summed E-state index contributed by atoms with van der Waals surface area (Å²) >= 11 is 5.37. The molecule has 0 rings (SSSR count). The molecule has 0 aromatic rings. The summed E-state index contributed by atoms with van der Waals surface area (Å²) in [6, 6.07) is -0.852. The van der Waals surface area contributed by atoms with E-state index >= 15 is 0 Å². The van der Waals surface area contributed by atoms with Gasteiger partial charge >= 0.3 is 5.97 Å². The fraction of sp³-hybridized carbons (Fsp3) is 0.667. The van der Waals surface area contributed by atoms with Crippen molar-refractivity contribution in [3.63, 3.8) is 0 Å². The van der Waals surface area contributed by atoms with Crippen molar-refractivity contribution in [2.24, 2.45) is 0 Å². The highest BCUT2D eigenvalue weighted by atomic mass is 35.5. The lowest BCUT2D eigenvalue weighted by Gasteiger charge is -2.10. The van der Waals surface area contributed by atoms with Gasteiger partial charge in [-0.1, -0.05) is 0 Å². The molecule has 0 aromatic heterocycles. The Balaban J connectivity index is 3.99. The fourth-order valence-electron chi connectivity index (χ4n) is 0.497. The molecule has 0 spiro atoms. The number of rotatable bonds is 3. The maximum absolute atomic E-state index is 10.8. The average molecular weight is 181 g/mol. The summed E-state index contributed by atoms with van der Waals surface area (Å²) in [5.74, 6) is -1.21. The number of hydrogen-bond donors (Lipinski definition) is 1. The first-order valence-corrected chi connectivity index (χ1v) is 3.41. The average Bonchev–Trinajstić information content (AvgIpc) is 2.12. The second-order valence-electron chi connectivity index (χ2n) is 1.80. The van der Waals surface area contributed by atoms with E-state index in [-0.39, 0.29) is 5.88 Å². The van der Waals surface area contributed by atoms with Crippen LogP contribution < -0.4 is 5.32 Å². The van der Waals surface area contributed by atoms with E-state index in [1.807, 2.05) is 0 Å². The van der Waals surface area contributed by atoms with E-state index in [9.17, 15) is 9.59 Å². The summed E-state index contributed by atoms with van der Waals surface area (Å²) in [6.45, 7) is -0.426. The Morgan fingerprint density at radius 1 is 1.82 bits per heavy atom. The van der Waals surface area contributed by atoms with Crippen molar-refractivity contribution in [3.05, 3.63) is 0 Å². The first-order valence-electron chi connectivity index (χ1n) is 3.58. The second kappa shape index (κ2) is 4.96. The standard InChI is InChI=1S/C6H10ClNO3/c1-4(9)8-5(3-7)6(10)11-2/h5H,3H2,1-2H3,(H,8,9)/t5-/m0/s1/i1D. The number of methoxy groups -OCH3 is 1. The lowest BCUT2D eigenvalue weighted by atomic mass is 10.3. The SMILES string of the molecule is [2H]CC(=O)N[C@@H](CCl)C(=O)OC. The van der Waals surface area contributed by atoms with Crippen LogP contribution in [0.2, 0.25) is 0 Å². The van der Waals surface area contributed by atoms with E-state index in [1.54, 1.807) is 0 Å². The summed E-state index contributed by atoms with van der Waals surface area (Å²) in [4.78, 5) is 21.4. The molecule has 0 radical (unpaired) electrons. The molecule has 1 N–H and O–H groups in total. The third kappa shape index (κ3) is 3.83. The van der Waals surface area contributed by atoms with Crippen molar-refractivity contribution >= 4 is 23.5 Å². The van der Waals surface area contributed by atoms with Crippen molar-refractivity contribution in [1.29, 1.82) is 0 Å². The predicted molar refractivity (Wildman–Crippen MR) is 40.3 cm³/mol. The lowest BCUT2D eigenvalue weighted by Crippen LogP contribution is -2.41. The summed E-state index contributed by atoms with van der Waals surface area (Å²) in [6.07, 6.45) is 0. The summed E-state index contributed by atoms with van der Waals surface area (Å²) in [5, 5.41) is 2.23. The molecule has 0 saturated carbocycles. The fourth-order valence-corrected chi connectivity index (χ4v) is 0.700. The van der Waals surface area contributed by atoms with Crippen LogP contribution in [0.25, 0.3) is 0 Å². The minimum Gasteiger partial charge on any atom is -0.467 e. The lowest BCUT2D eigenvalue weighted by molar-refractivity contribution is -0.144. The Bertz CT molecular complexity index is 176. The molecule has 4 nitrogen and oxygen atoms in total. The zero-order valence-electron chi connectivity index (χ0n) is 7.09. The van der Waals surface area contributed by atoms with Gasteiger partial charge in [0, 0.05) is 8.27 Å². The minimum absolute atomic E-state index is 0.0571. The number of nitrogens with one attached hydrogen (secondary N) is 1. The zero-order chi connectivity index (χ0) is 9.56. The number of amides is 1. The van der Waals surface area contributed by atoms with Crippen molar-refractivity contribution in [2.75, 3.05) is 13.0 Å². The molecular formula is C6H10ClNO3. The summed E-state index contributed by atoms with van der Waals surface area (Å²) < 4.78 is 11.0. The molecule has 0 saturated heterocycles. The van der Waals surface area contributed by atoms with E-state index in [4.69, 9.17) is 13.0 Å². The molecule has 0 aliphatic carbocycles. The van der Waals surface area contributed by atoms with Crippen LogP contribution in [0, 0.1) is 0 Å². The minimum atomic E-state index is -0.852. The molecule has 11 heavy (non-hydrogen) atoms. The quantitative estimate of drug-likeness (QED) is 0.488. The third-order valence-electron chi connectivity index (χ3n) is 0.975. The van der Waals surface area contributed by atoms with Crippen LogP contribution in [0.15, 0.2) is 0 Å². The molecule has 0 aliphatic heterocycles. The molecule has 0 unspecified atom stereocenters. The van der Waals surface area contributed by atoms with Crippen LogP contribution in [0.4, 0.5) is 0 Å². The van der Waals surface area contributed by atoms with Gasteiger partial charge in [0.15, 0.2) is 0 Å². The van der Waals surface area contributed by atoms with E-state index in [0.29, 0.717) is 0 Å². The van der Waals surface area contributed by atoms with Gasteiger partial charge in [-0.3, -0.25) is 4.79 Å². The number of ether oxygens (including phenoxy) is 1. The van der Waals surface area contributed by atoms with Gasteiger partial charge in [0.05, 0.1) is 13.0 Å². The number of hydrogen-bond acceptors (Lipinski definition) is 3. The maximum atomic E-state index is 10.8. The number of esters is 1. The molecule has 0 aliphatic rings. The van der Waals surface area contributed by atoms with Crippen LogP contribution >= 0.6 is 11.6 Å². The van der Waals surface area contributed by atoms with Crippen LogP contribution in [-0.4, -0.2) is 30.9 Å². The van der Waals surface area contributed by atoms with Crippen molar-refractivity contribution < 1.29 is 15.7 Å². The Labute approximate surface area is 71.3 Å². The van der Waals surface area contributed by atoms with Gasteiger partial charge in [0.1, 0.15) is 6.04 Å². The van der Waals surface area contributed by atoms with E-state index < -0.39 is 24.8 Å². The smallest absolute Gasteiger partial charge is 0.329 e. The highest BCUT2D eigenvalue weighted by Crippen LogP contribution is 1.91. The van der Waals surface area contributed by atoms with E-state index in [1.165, 1.54) is 7.11 Å². The van der Waals surface area contributed by atoms with Crippen LogP contribution in [0.3, 0.4) is 0 Å². The number of alkyl halides is 1. The number of carbonyl (C=O) groups excluding carboxylic acids is 2. The summed E-state index contributed by atoms with van der Waals surface area (Å²) in [5.41, 5.74) is 0. The van der Waals surface area contributed by atoms with Crippen LogP contribution in [0.1, 0.15) is 8.27 Å². The first-order chi connectivity index (χ1) is 5.65. The maximum Gasteiger partial charge on any atom is 0.329 e. The molecule has 0 fully saturated rings. The van der Waals surface area contributed by atoms with Gasteiger partial charge in [-0.15, -0.1) is 11.6 Å². The Hall–Kier alpha value is -0.770. The molecule has 64 valence electrons. The van der Waals surface area contributed by atoms with Gasteiger partial charge < -0.3 is 10.1 Å². The second-order valence-corrected chi connectivity index (χ2v) is 2.11. The van der Waals surface area contributed by atoms with Gasteiger partial charge in [-0.2, -0.15) is 0 Å². The highest BCUT2D eigenvalue weighted by Gasteiger charge is 2.17. The normalized spacial score (nSPS) is 13.1. The van der Waals surface area contributed by atoms with Crippen LogP contribution in [-0.2, 0) is 14.3 Å². The Kier molecular flexibility index (Phi) is 3.75. The molecular weight excluding hydrogens is 170 g/mol. The van der Waals surface area contributed by atoms with Crippen molar-refractivity contribution in [1.82, 2.24) is 5.32 Å². The van der Waals surface area contributed by atoms with E-state index in [0.717, 1.165) is 0 Å². The molecule has 0 bridgehead atoms. The number of carbonyl (C=O) groups is 2. The van der Waals surface area contributed by atoms with Gasteiger partial charge in [0.25, 0.3) is 0 Å². The molecule has 1 atom stereocenters. The van der Waals surface area contributed by atoms with Crippen molar-refractivity contribution in [2.45, 2.75) is 12.9 Å². The van der Waals surface area contributed by atoms with Gasteiger partial charge in [0.2, 0.25) is 5.91 Å². The first kappa shape index (κ1) is 8.33. The molecule has 1 amide bonds. The molecule has 5 heteroatoms. The van der Waals surface area contributed by atoms with Gasteiger partial charge in [-0.25, -0.2) is 4.79 Å². The third-order valence-corrected chi connectivity index (χ3v) is 1.28.